The van der Waals surface area contributed by atoms with Gasteiger partial charge in [-0.15, -0.1) is 0 Å². The zero-order valence-corrected chi connectivity index (χ0v) is 8.80. The first kappa shape index (κ1) is 11.1. The number of carbonyl (C=O) groups is 1. The molecule has 14 heavy (non-hydrogen) atoms. The summed E-state index contributed by atoms with van der Waals surface area (Å²) < 4.78 is 4.98. The fourth-order valence-corrected chi connectivity index (χ4v) is 1.67. The SMILES string of the molecule is CNC(C)(CSc1ncco1)C(=O)O. The molecule has 5 nitrogen and oxygen atoms in total. The molecular formula is C8H12N2O3S. The van der Waals surface area contributed by atoms with E-state index in [1.165, 1.54) is 24.2 Å². The zero-order valence-electron chi connectivity index (χ0n) is 7.98. The number of carboxylic acid groups (broad SMARTS) is 1. The summed E-state index contributed by atoms with van der Waals surface area (Å²) in [6, 6.07) is 0. The molecule has 6 heteroatoms. The molecule has 78 valence electrons. The van der Waals surface area contributed by atoms with Gasteiger partial charge in [0.15, 0.2) is 0 Å². The van der Waals surface area contributed by atoms with Crippen molar-refractivity contribution in [1.29, 1.82) is 0 Å². The first-order valence-electron chi connectivity index (χ1n) is 4.03. The van der Waals surface area contributed by atoms with Crippen molar-refractivity contribution < 1.29 is 14.3 Å². The second kappa shape index (κ2) is 4.47. The summed E-state index contributed by atoms with van der Waals surface area (Å²) in [6.07, 6.45) is 2.99. The highest BCUT2D eigenvalue weighted by Gasteiger charge is 2.31. The molecule has 0 saturated carbocycles. The lowest BCUT2D eigenvalue weighted by atomic mass is 10.1. The molecule has 0 aliphatic heterocycles. The third kappa shape index (κ3) is 2.49. The third-order valence-corrected chi connectivity index (χ3v) is 3.09. The first-order chi connectivity index (χ1) is 6.58. The van der Waals surface area contributed by atoms with Crippen LogP contribution in [0.25, 0.3) is 0 Å². The highest BCUT2D eigenvalue weighted by molar-refractivity contribution is 7.99. The maximum atomic E-state index is 10.9. The Kier molecular flexibility index (Phi) is 3.54. The second-order valence-electron chi connectivity index (χ2n) is 2.97. The van der Waals surface area contributed by atoms with Gasteiger partial charge < -0.3 is 14.8 Å². The van der Waals surface area contributed by atoms with E-state index in [2.05, 4.69) is 10.3 Å². The van der Waals surface area contributed by atoms with Crippen LogP contribution in [0.15, 0.2) is 22.1 Å². The molecule has 2 N–H and O–H groups in total. The molecule has 0 bridgehead atoms. The molecule has 0 amide bonds. The molecule has 1 aromatic heterocycles. The van der Waals surface area contributed by atoms with Crippen molar-refractivity contribution in [3.8, 4) is 0 Å². The van der Waals surface area contributed by atoms with Crippen LogP contribution in [0.1, 0.15) is 6.92 Å². The Hall–Kier alpha value is -1.01. The first-order valence-corrected chi connectivity index (χ1v) is 5.01. The maximum absolute atomic E-state index is 10.9. The van der Waals surface area contributed by atoms with Crippen LogP contribution in [0.5, 0.6) is 0 Å². The number of oxazole rings is 1. The highest BCUT2D eigenvalue weighted by atomic mass is 32.2. The molecule has 0 radical (unpaired) electrons. The number of carboxylic acids is 1. The molecule has 0 aromatic carbocycles. The predicted octanol–water partition coefficient (Wildman–Crippen LogP) is 0.829. The van der Waals surface area contributed by atoms with Gasteiger partial charge in [0, 0.05) is 5.75 Å². The van der Waals surface area contributed by atoms with Crippen LogP contribution >= 0.6 is 11.8 Å². The summed E-state index contributed by atoms with van der Waals surface area (Å²) >= 11 is 1.27. The number of nitrogens with zero attached hydrogens (tertiary/aromatic N) is 1. The number of aromatic nitrogens is 1. The molecule has 0 aliphatic carbocycles. The summed E-state index contributed by atoms with van der Waals surface area (Å²) in [5.41, 5.74) is -0.959. The number of nitrogens with one attached hydrogen (secondary N) is 1. The smallest absolute Gasteiger partial charge is 0.324 e. The van der Waals surface area contributed by atoms with Gasteiger partial charge in [0.1, 0.15) is 11.8 Å². The summed E-state index contributed by atoms with van der Waals surface area (Å²) in [5.74, 6) is -0.529. The van der Waals surface area contributed by atoms with Crippen molar-refractivity contribution in [3.05, 3.63) is 12.5 Å². The second-order valence-corrected chi connectivity index (χ2v) is 3.90. The summed E-state index contributed by atoms with van der Waals surface area (Å²) in [5, 5.41) is 12.2. The Morgan fingerprint density at radius 3 is 3.00 bits per heavy atom. The van der Waals surface area contributed by atoms with E-state index in [-0.39, 0.29) is 0 Å². The third-order valence-electron chi connectivity index (χ3n) is 1.92. The van der Waals surface area contributed by atoms with E-state index in [1.807, 2.05) is 0 Å². The van der Waals surface area contributed by atoms with E-state index in [9.17, 15) is 4.79 Å². The monoisotopic (exact) mass is 216 g/mol. The van der Waals surface area contributed by atoms with Gasteiger partial charge in [-0.1, -0.05) is 11.8 Å². The minimum absolute atomic E-state index is 0.360. The van der Waals surface area contributed by atoms with Crippen LogP contribution in [0.3, 0.4) is 0 Å². The van der Waals surface area contributed by atoms with Crippen LogP contribution in [0.2, 0.25) is 0 Å². The number of rotatable bonds is 5. The average molecular weight is 216 g/mol. The van der Waals surface area contributed by atoms with Crippen LogP contribution in [-0.4, -0.2) is 34.4 Å². The molecular weight excluding hydrogens is 204 g/mol. The minimum Gasteiger partial charge on any atom is -0.480 e. The summed E-state index contributed by atoms with van der Waals surface area (Å²) in [4.78, 5) is 14.8. The van der Waals surface area contributed by atoms with Crippen LogP contribution in [0, 0.1) is 0 Å². The Morgan fingerprint density at radius 2 is 2.57 bits per heavy atom. The van der Waals surface area contributed by atoms with E-state index in [0.717, 1.165) is 0 Å². The van der Waals surface area contributed by atoms with Gasteiger partial charge in [-0.05, 0) is 14.0 Å². The Labute approximate surface area is 85.9 Å². The lowest BCUT2D eigenvalue weighted by Gasteiger charge is -2.22. The van der Waals surface area contributed by atoms with Crippen molar-refractivity contribution in [1.82, 2.24) is 10.3 Å². The molecule has 1 atom stereocenters. The molecule has 1 aromatic rings. The van der Waals surface area contributed by atoms with Gasteiger partial charge in [-0.3, -0.25) is 4.79 Å². The summed E-state index contributed by atoms with van der Waals surface area (Å²) in [6.45, 7) is 1.62. The van der Waals surface area contributed by atoms with Gasteiger partial charge in [-0.25, -0.2) is 4.98 Å². The van der Waals surface area contributed by atoms with Gasteiger partial charge in [0.2, 0.25) is 0 Å². The van der Waals surface area contributed by atoms with Crippen LogP contribution in [-0.2, 0) is 4.79 Å². The van der Waals surface area contributed by atoms with E-state index in [1.54, 1.807) is 14.0 Å². The lowest BCUT2D eigenvalue weighted by Crippen LogP contribution is -2.49. The Bertz CT molecular complexity index is 302. The van der Waals surface area contributed by atoms with Crippen molar-refractivity contribution in [2.24, 2.45) is 0 Å². The van der Waals surface area contributed by atoms with E-state index < -0.39 is 11.5 Å². The van der Waals surface area contributed by atoms with Gasteiger partial charge in [0.25, 0.3) is 5.22 Å². The molecule has 1 heterocycles. The van der Waals surface area contributed by atoms with Crippen molar-refractivity contribution in [2.45, 2.75) is 17.7 Å². The predicted molar refractivity (Wildman–Crippen MR) is 52.3 cm³/mol. The molecule has 0 spiro atoms. The van der Waals surface area contributed by atoms with Crippen molar-refractivity contribution in [2.75, 3.05) is 12.8 Å². The minimum atomic E-state index is -0.959. The number of hydrogen-bond acceptors (Lipinski definition) is 5. The molecule has 0 aliphatic rings. The van der Waals surface area contributed by atoms with Gasteiger partial charge in [0.05, 0.1) is 6.20 Å². The van der Waals surface area contributed by atoms with Crippen LogP contribution in [0.4, 0.5) is 0 Å². The zero-order chi connectivity index (χ0) is 10.6. The number of aliphatic carboxylic acids is 1. The van der Waals surface area contributed by atoms with E-state index in [4.69, 9.17) is 9.52 Å². The largest absolute Gasteiger partial charge is 0.480 e. The van der Waals surface area contributed by atoms with Gasteiger partial charge in [-0.2, -0.15) is 0 Å². The van der Waals surface area contributed by atoms with Gasteiger partial charge >= 0.3 is 5.97 Å². The Balaban J connectivity index is 2.54. The van der Waals surface area contributed by atoms with E-state index in [0.29, 0.717) is 11.0 Å². The fourth-order valence-electron chi connectivity index (χ4n) is 0.729. The maximum Gasteiger partial charge on any atom is 0.324 e. The Morgan fingerprint density at radius 1 is 1.86 bits per heavy atom. The van der Waals surface area contributed by atoms with E-state index >= 15 is 0 Å². The molecule has 0 saturated heterocycles. The molecule has 1 rings (SSSR count). The van der Waals surface area contributed by atoms with Crippen LogP contribution < -0.4 is 5.32 Å². The highest BCUT2D eigenvalue weighted by Crippen LogP contribution is 2.20. The average Bonchev–Trinajstić information content (AvgIpc) is 2.66. The normalized spacial score (nSPS) is 15.0. The molecule has 1 unspecified atom stereocenters. The quantitative estimate of drug-likeness (QED) is 0.710. The number of likely N-dealkylation sites (N-methyl/N-ethyl adjacent to an activating group) is 1. The van der Waals surface area contributed by atoms with Crippen molar-refractivity contribution >= 4 is 17.7 Å². The lowest BCUT2D eigenvalue weighted by molar-refractivity contribution is -0.142. The number of thioether (sulfide) groups is 1. The topological polar surface area (TPSA) is 75.4 Å². The fraction of sp³-hybridized carbons (Fsp3) is 0.500. The van der Waals surface area contributed by atoms with Crippen molar-refractivity contribution in [3.63, 3.8) is 0 Å². The number of hydrogen-bond donors (Lipinski definition) is 2. The molecule has 0 fully saturated rings. The summed E-state index contributed by atoms with van der Waals surface area (Å²) in [7, 11) is 1.62. The standard InChI is InChI=1S/C8H12N2O3S/c1-8(9-2,6(11)12)5-14-7-10-3-4-13-7/h3-4,9H,5H2,1-2H3,(H,11,12).